The minimum Gasteiger partial charge on any atom is -0.497 e. The van der Waals surface area contributed by atoms with Crippen molar-refractivity contribution in [2.24, 2.45) is 0 Å². The highest BCUT2D eigenvalue weighted by Crippen LogP contribution is 2.18. The number of hydrogen-bond donors (Lipinski definition) is 1. The third-order valence-corrected chi connectivity index (χ3v) is 3.08. The summed E-state index contributed by atoms with van der Waals surface area (Å²) in [6.07, 6.45) is 0. The van der Waals surface area contributed by atoms with Gasteiger partial charge in [-0.2, -0.15) is 0 Å². The maximum atomic E-state index is 5.61. The van der Waals surface area contributed by atoms with E-state index >= 15 is 0 Å². The molecule has 0 amide bonds. The Kier molecular flexibility index (Phi) is 7.65. The van der Waals surface area contributed by atoms with Gasteiger partial charge in [-0.1, -0.05) is 30.3 Å². The summed E-state index contributed by atoms with van der Waals surface area (Å²) < 4.78 is 10.8. The molecule has 0 radical (unpaired) electrons. The van der Waals surface area contributed by atoms with Crippen LogP contribution in [-0.2, 0) is 13.1 Å². The van der Waals surface area contributed by atoms with Gasteiger partial charge in [-0.25, -0.2) is 0 Å². The van der Waals surface area contributed by atoms with Crippen molar-refractivity contribution >= 4 is 12.4 Å². The Morgan fingerprint density at radius 3 is 2.33 bits per heavy atom. The number of rotatable bonds is 7. The molecule has 2 rings (SSSR count). The quantitative estimate of drug-likeness (QED) is 0.844. The molecule has 0 aliphatic heterocycles. The molecule has 0 saturated heterocycles. The number of para-hydroxylation sites is 1. The molecular formula is C17H22ClNO2. The molecule has 0 atom stereocenters. The first-order valence-corrected chi connectivity index (χ1v) is 6.88. The highest BCUT2D eigenvalue weighted by Gasteiger charge is 2.02. The van der Waals surface area contributed by atoms with Crippen molar-refractivity contribution in [3.05, 3.63) is 59.7 Å². The minimum atomic E-state index is 0. The second-order valence-corrected chi connectivity index (χ2v) is 4.49. The van der Waals surface area contributed by atoms with E-state index in [4.69, 9.17) is 9.47 Å². The van der Waals surface area contributed by atoms with Gasteiger partial charge in [0, 0.05) is 18.7 Å². The fraction of sp³-hybridized carbons (Fsp3) is 0.294. The van der Waals surface area contributed by atoms with Crippen molar-refractivity contribution in [1.82, 2.24) is 5.32 Å². The second kappa shape index (κ2) is 9.27. The van der Waals surface area contributed by atoms with Crippen molar-refractivity contribution in [1.29, 1.82) is 0 Å². The third kappa shape index (κ3) is 5.29. The lowest BCUT2D eigenvalue weighted by atomic mass is 10.2. The van der Waals surface area contributed by atoms with E-state index < -0.39 is 0 Å². The van der Waals surface area contributed by atoms with Crippen LogP contribution in [-0.4, -0.2) is 13.7 Å². The fourth-order valence-electron chi connectivity index (χ4n) is 2.03. The number of hydrogen-bond acceptors (Lipinski definition) is 3. The Bertz CT molecular complexity index is 529. The molecular weight excluding hydrogens is 286 g/mol. The van der Waals surface area contributed by atoms with Gasteiger partial charge in [-0.05, 0) is 30.7 Å². The van der Waals surface area contributed by atoms with Gasteiger partial charge in [0.05, 0.1) is 13.7 Å². The number of nitrogens with one attached hydrogen (secondary N) is 1. The highest BCUT2D eigenvalue weighted by atomic mass is 35.5. The molecule has 3 nitrogen and oxygen atoms in total. The van der Waals surface area contributed by atoms with Crippen LogP contribution in [0.3, 0.4) is 0 Å². The molecule has 0 fully saturated rings. The number of methoxy groups -OCH3 is 1. The third-order valence-electron chi connectivity index (χ3n) is 3.08. The summed E-state index contributed by atoms with van der Waals surface area (Å²) >= 11 is 0. The van der Waals surface area contributed by atoms with Crippen molar-refractivity contribution in [3.8, 4) is 11.5 Å². The molecule has 114 valence electrons. The smallest absolute Gasteiger partial charge is 0.123 e. The Labute approximate surface area is 132 Å². The maximum absolute atomic E-state index is 5.61. The Morgan fingerprint density at radius 1 is 0.952 bits per heavy atom. The second-order valence-electron chi connectivity index (χ2n) is 4.49. The molecule has 0 heterocycles. The summed E-state index contributed by atoms with van der Waals surface area (Å²) in [5, 5.41) is 3.43. The normalized spacial score (nSPS) is 9.81. The molecule has 0 aliphatic carbocycles. The lowest BCUT2D eigenvalue weighted by molar-refractivity contribution is 0.335. The Morgan fingerprint density at radius 2 is 1.67 bits per heavy atom. The van der Waals surface area contributed by atoms with E-state index in [9.17, 15) is 0 Å². The van der Waals surface area contributed by atoms with E-state index in [2.05, 4.69) is 23.5 Å². The van der Waals surface area contributed by atoms with Crippen molar-refractivity contribution in [2.45, 2.75) is 20.0 Å². The molecule has 0 bridgehead atoms. The van der Waals surface area contributed by atoms with E-state index in [0.717, 1.165) is 24.6 Å². The van der Waals surface area contributed by atoms with Crippen LogP contribution in [0.5, 0.6) is 11.5 Å². The summed E-state index contributed by atoms with van der Waals surface area (Å²) in [7, 11) is 1.68. The minimum absolute atomic E-state index is 0. The van der Waals surface area contributed by atoms with Crippen LogP contribution < -0.4 is 14.8 Å². The van der Waals surface area contributed by atoms with Crippen LogP contribution in [0.25, 0.3) is 0 Å². The van der Waals surface area contributed by atoms with E-state index in [1.807, 2.05) is 37.3 Å². The van der Waals surface area contributed by atoms with Crippen LogP contribution in [0, 0.1) is 0 Å². The van der Waals surface area contributed by atoms with E-state index in [-0.39, 0.29) is 12.4 Å². The molecule has 4 heteroatoms. The van der Waals surface area contributed by atoms with Crippen LogP contribution >= 0.6 is 12.4 Å². The van der Waals surface area contributed by atoms with Gasteiger partial charge >= 0.3 is 0 Å². The fourth-order valence-corrected chi connectivity index (χ4v) is 2.03. The number of benzene rings is 2. The molecule has 1 N–H and O–H groups in total. The number of ether oxygens (including phenoxy) is 2. The zero-order valence-electron chi connectivity index (χ0n) is 12.5. The Balaban J connectivity index is 0.00000220. The lowest BCUT2D eigenvalue weighted by Gasteiger charge is -2.11. The molecule has 21 heavy (non-hydrogen) atoms. The lowest BCUT2D eigenvalue weighted by Crippen LogP contribution is -2.13. The van der Waals surface area contributed by atoms with Crippen molar-refractivity contribution in [3.63, 3.8) is 0 Å². The van der Waals surface area contributed by atoms with E-state index in [1.54, 1.807) is 7.11 Å². The monoisotopic (exact) mass is 307 g/mol. The van der Waals surface area contributed by atoms with Crippen molar-refractivity contribution < 1.29 is 9.47 Å². The predicted molar refractivity (Wildman–Crippen MR) is 88.4 cm³/mol. The molecule has 2 aromatic carbocycles. The first-order valence-electron chi connectivity index (χ1n) is 6.88. The topological polar surface area (TPSA) is 30.5 Å². The molecule has 0 spiro atoms. The van der Waals surface area contributed by atoms with E-state index in [0.29, 0.717) is 6.61 Å². The zero-order valence-corrected chi connectivity index (χ0v) is 13.3. The van der Waals surface area contributed by atoms with Gasteiger partial charge < -0.3 is 14.8 Å². The number of halogens is 1. The average Bonchev–Trinajstić information content (AvgIpc) is 2.50. The van der Waals surface area contributed by atoms with Gasteiger partial charge in [-0.3, -0.25) is 0 Å². The Hall–Kier alpha value is -1.71. The summed E-state index contributed by atoms with van der Waals surface area (Å²) in [5.74, 6) is 1.84. The first-order chi connectivity index (χ1) is 9.83. The van der Waals surface area contributed by atoms with Gasteiger partial charge in [-0.15, -0.1) is 12.4 Å². The zero-order chi connectivity index (χ0) is 14.2. The van der Waals surface area contributed by atoms with Gasteiger partial charge in [0.25, 0.3) is 0 Å². The van der Waals surface area contributed by atoms with Crippen LogP contribution in [0.2, 0.25) is 0 Å². The highest BCUT2D eigenvalue weighted by molar-refractivity contribution is 5.85. The van der Waals surface area contributed by atoms with Gasteiger partial charge in [0.1, 0.15) is 11.5 Å². The summed E-state index contributed by atoms with van der Waals surface area (Å²) in [6.45, 7) is 4.31. The van der Waals surface area contributed by atoms with Crippen LogP contribution in [0.15, 0.2) is 48.5 Å². The van der Waals surface area contributed by atoms with Gasteiger partial charge in [0.15, 0.2) is 0 Å². The molecule has 0 aliphatic rings. The maximum Gasteiger partial charge on any atom is 0.123 e. The van der Waals surface area contributed by atoms with Gasteiger partial charge in [0.2, 0.25) is 0 Å². The predicted octanol–water partition coefficient (Wildman–Crippen LogP) is 3.81. The molecule has 0 saturated carbocycles. The standard InChI is InChI=1S/C17H21NO2.ClH/c1-3-20-17-7-5-4-6-15(17)13-18-12-14-8-10-16(19-2)11-9-14;/h4-11,18H,3,12-13H2,1-2H3;1H. The van der Waals surface area contributed by atoms with Crippen LogP contribution in [0.4, 0.5) is 0 Å². The summed E-state index contributed by atoms with van der Waals surface area (Å²) in [4.78, 5) is 0. The largest absolute Gasteiger partial charge is 0.497 e. The first kappa shape index (κ1) is 17.3. The molecule has 2 aromatic rings. The van der Waals surface area contributed by atoms with E-state index in [1.165, 1.54) is 11.1 Å². The SMILES string of the molecule is CCOc1ccccc1CNCc1ccc(OC)cc1.Cl. The van der Waals surface area contributed by atoms with Crippen LogP contribution in [0.1, 0.15) is 18.1 Å². The summed E-state index contributed by atoms with van der Waals surface area (Å²) in [5.41, 5.74) is 2.42. The van der Waals surface area contributed by atoms with Crippen molar-refractivity contribution in [2.75, 3.05) is 13.7 Å². The summed E-state index contributed by atoms with van der Waals surface area (Å²) in [6, 6.07) is 16.2. The molecule has 0 aromatic heterocycles. The molecule has 0 unspecified atom stereocenters. The average molecular weight is 308 g/mol.